The molecule has 1 aliphatic carbocycles. The average molecular weight is 243 g/mol. The van der Waals surface area contributed by atoms with Crippen LogP contribution in [0.2, 0.25) is 0 Å². The minimum absolute atomic E-state index is 0.688. The fraction of sp³-hybridized carbons (Fsp3) is 0.667. The van der Waals surface area contributed by atoms with Crippen LogP contribution in [0.25, 0.3) is 0 Å². The SMILES string of the molecule is c1cc2c(nc1N1CCC3CCC(C1)N3)CCC2. The van der Waals surface area contributed by atoms with E-state index in [2.05, 4.69) is 22.3 Å². The smallest absolute Gasteiger partial charge is 0.128 e. The summed E-state index contributed by atoms with van der Waals surface area (Å²) in [6.07, 6.45) is 7.69. The Bertz CT molecular complexity index is 457. The van der Waals surface area contributed by atoms with Gasteiger partial charge in [0.05, 0.1) is 0 Å². The van der Waals surface area contributed by atoms with Gasteiger partial charge in [-0.2, -0.15) is 0 Å². The third-order valence-corrected chi connectivity index (χ3v) is 4.76. The fourth-order valence-electron chi connectivity index (χ4n) is 3.74. The second kappa shape index (κ2) is 4.23. The first-order valence-corrected chi connectivity index (χ1v) is 7.38. The van der Waals surface area contributed by atoms with Crippen LogP contribution in [-0.2, 0) is 12.8 Å². The molecule has 0 aromatic carbocycles. The van der Waals surface area contributed by atoms with Crippen LogP contribution in [0.1, 0.15) is 36.9 Å². The zero-order valence-electron chi connectivity index (χ0n) is 10.9. The van der Waals surface area contributed by atoms with Crippen molar-refractivity contribution < 1.29 is 0 Å². The van der Waals surface area contributed by atoms with Gasteiger partial charge in [-0.05, 0) is 50.2 Å². The molecule has 3 heteroatoms. The third-order valence-electron chi connectivity index (χ3n) is 4.76. The van der Waals surface area contributed by atoms with Gasteiger partial charge in [-0.1, -0.05) is 6.07 Å². The van der Waals surface area contributed by atoms with Gasteiger partial charge in [-0.3, -0.25) is 0 Å². The van der Waals surface area contributed by atoms with E-state index < -0.39 is 0 Å². The topological polar surface area (TPSA) is 28.2 Å². The molecule has 4 rings (SSSR count). The predicted molar refractivity (Wildman–Crippen MR) is 73.0 cm³/mol. The molecule has 0 spiro atoms. The van der Waals surface area contributed by atoms with Gasteiger partial charge in [0.2, 0.25) is 0 Å². The molecule has 0 amide bonds. The van der Waals surface area contributed by atoms with E-state index >= 15 is 0 Å². The lowest BCUT2D eigenvalue weighted by Crippen LogP contribution is -2.35. The van der Waals surface area contributed by atoms with E-state index in [0.717, 1.165) is 12.6 Å². The summed E-state index contributed by atoms with van der Waals surface area (Å²) in [6, 6.07) is 5.99. The van der Waals surface area contributed by atoms with Crippen LogP contribution in [0.4, 0.5) is 5.82 Å². The molecule has 2 bridgehead atoms. The summed E-state index contributed by atoms with van der Waals surface area (Å²) >= 11 is 0. The van der Waals surface area contributed by atoms with Gasteiger partial charge in [0, 0.05) is 30.9 Å². The lowest BCUT2D eigenvalue weighted by molar-refractivity contribution is 0.563. The van der Waals surface area contributed by atoms with E-state index in [9.17, 15) is 0 Å². The van der Waals surface area contributed by atoms with Crippen molar-refractivity contribution in [3.05, 3.63) is 23.4 Å². The van der Waals surface area contributed by atoms with E-state index in [1.165, 1.54) is 62.1 Å². The monoisotopic (exact) mass is 243 g/mol. The minimum atomic E-state index is 0.688. The molecule has 3 heterocycles. The van der Waals surface area contributed by atoms with Crippen molar-refractivity contribution in [3.63, 3.8) is 0 Å². The molecule has 96 valence electrons. The van der Waals surface area contributed by atoms with Crippen molar-refractivity contribution >= 4 is 5.82 Å². The highest BCUT2D eigenvalue weighted by Crippen LogP contribution is 2.26. The Labute approximate surface area is 109 Å². The van der Waals surface area contributed by atoms with Crippen LogP contribution in [-0.4, -0.2) is 30.2 Å². The fourth-order valence-corrected chi connectivity index (χ4v) is 3.74. The first-order valence-electron chi connectivity index (χ1n) is 7.38. The van der Waals surface area contributed by atoms with Gasteiger partial charge in [-0.25, -0.2) is 4.98 Å². The van der Waals surface area contributed by atoms with Crippen molar-refractivity contribution in [3.8, 4) is 0 Å². The molecule has 3 aliphatic rings. The highest BCUT2D eigenvalue weighted by molar-refractivity contribution is 5.43. The Hall–Kier alpha value is -1.09. The maximum atomic E-state index is 4.90. The maximum absolute atomic E-state index is 4.90. The molecule has 0 saturated carbocycles. The van der Waals surface area contributed by atoms with E-state index in [0.29, 0.717) is 6.04 Å². The molecular formula is C15H21N3. The van der Waals surface area contributed by atoms with Crippen LogP contribution >= 0.6 is 0 Å². The van der Waals surface area contributed by atoms with Crippen molar-refractivity contribution in [2.24, 2.45) is 0 Å². The summed E-state index contributed by atoms with van der Waals surface area (Å²) in [6.45, 7) is 2.31. The summed E-state index contributed by atoms with van der Waals surface area (Å²) in [7, 11) is 0. The molecule has 0 radical (unpaired) electrons. The molecule has 2 atom stereocenters. The zero-order valence-corrected chi connectivity index (χ0v) is 10.9. The minimum Gasteiger partial charge on any atom is -0.355 e. The quantitative estimate of drug-likeness (QED) is 0.816. The van der Waals surface area contributed by atoms with E-state index in [1.54, 1.807) is 0 Å². The Morgan fingerprint density at radius 1 is 1.11 bits per heavy atom. The van der Waals surface area contributed by atoms with Crippen LogP contribution < -0.4 is 10.2 Å². The summed E-state index contributed by atoms with van der Waals surface area (Å²) < 4.78 is 0. The highest BCUT2D eigenvalue weighted by atomic mass is 15.2. The van der Waals surface area contributed by atoms with Crippen molar-refractivity contribution in [1.29, 1.82) is 0 Å². The van der Waals surface area contributed by atoms with Gasteiger partial charge < -0.3 is 10.2 Å². The normalized spacial score (nSPS) is 30.3. The molecule has 2 fully saturated rings. The number of aromatic nitrogens is 1. The van der Waals surface area contributed by atoms with Crippen LogP contribution in [0.3, 0.4) is 0 Å². The number of nitrogens with zero attached hydrogens (tertiary/aromatic N) is 2. The zero-order chi connectivity index (χ0) is 11.9. The first kappa shape index (κ1) is 10.8. The largest absolute Gasteiger partial charge is 0.355 e. The predicted octanol–water partition coefficient (Wildman–Crippen LogP) is 1.90. The van der Waals surface area contributed by atoms with Crippen LogP contribution in [0.15, 0.2) is 12.1 Å². The summed E-state index contributed by atoms with van der Waals surface area (Å²) in [5, 5.41) is 3.74. The van der Waals surface area contributed by atoms with Crippen molar-refractivity contribution in [2.45, 2.75) is 50.6 Å². The lowest BCUT2D eigenvalue weighted by Gasteiger charge is -2.25. The first-order chi connectivity index (χ1) is 8.88. The second-order valence-electron chi connectivity index (χ2n) is 6.00. The second-order valence-corrected chi connectivity index (χ2v) is 6.00. The Kier molecular flexibility index (Phi) is 2.54. The van der Waals surface area contributed by atoms with Gasteiger partial charge in [0.15, 0.2) is 0 Å². The lowest BCUT2D eigenvalue weighted by atomic mass is 10.1. The molecule has 1 N–H and O–H groups in total. The number of hydrogen-bond donors (Lipinski definition) is 1. The molecule has 2 unspecified atom stereocenters. The average Bonchev–Trinajstić information content (AvgIpc) is 2.95. The molecular weight excluding hydrogens is 222 g/mol. The molecule has 3 nitrogen and oxygen atoms in total. The Morgan fingerprint density at radius 2 is 2.06 bits per heavy atom. The molecule has 1 aromatic heterocycles. The summed E-state index contributed by atoms with van der Waals surface area (Å²) in [4.78, 5) is 7.40. The number of hydrogen-bond acceptors (Lipinski definition) is 3. The van der Waals surface area contributed by atoms with Gasteiger partial charge in [0.1, 0.15) is 5.82 Å². The van der Waals surface area contributed by atoms with Crippen molar-refractivity contribution in [1.82, 2.24) is 10.3 Å². The summed E-state index contributed by atoms with van der Waals surface area (Å²) in [5.41, 5.74) is 2.84. The number of anilines is 1. The van der Waals surface area contributed by atoms with E-state index in [4.69, 9.17) is 4.98 Å². The van der Waals surface area contributed by atoms with E-state index in [1.807, 2.05) is 0 Å². The molecule has 18 heavy (non-hydrogen) atoms. The van der Waals surface area contributed by atoms with Crippen LogP contribution in [0.5, 0.6) is 0 Å². The maximum Gasteiger partial charge on any atom is 0.128 e. The Morgan fingerprint density at radius 3 is 3.06 bits per heavy atom. The molecule has 2 aliphatic heterocycles. The van der Waals surface area contributed by atoms with E-state index in [-0.39, 0.29) is 0 Å². The number of fused-ring (bicyclic) bond motifs is 3. The highest BCUT2D eigenvalue weighted by Gasteiger charge is 2.29. The third kappa shape index (κ3) is 1.81. The number of pyridine rings is 1. The van der Waals surface area contributed by atoms with Crippen LogP contribution in [0, 0.1) is 0 Å². The molecule has 2 saturated heterocycles. The standard InChI is InChI=1S/C15H21N3/c1-2-11-4-7-15(17-14(11)3-1)18-9-8-12-5-6-13(10-18)16-12/h4,7,12-13,16H,1-3,5-6,8-10H2. The van der Waals surface area contributed by atoms with Gasteiger partial charge >= 0.3 is 0 Å². The Balaban J connectivity index is 1.59. The molecule has 1 aromatic rings. The van der Waals surface area contributed by atoms with Gasteiger partial charge in [-0.15, -0.1) is 0 Å². The number of nitrogens with one attached hydrogen (secondary N) is 1. The number of rotatable bonds is 1. The number of aryl methyl sites for hydroxylation is 2. The van der Waals surface area contributed by atoms with Gasteiger partial charge in [0.25, 0.3) is 0 Å². The van der Waals surface area contributed by atoms with Crippen molar-refractivity contribution in [2.75, 3.05) is 18.0 Å². The summed E-state index contributed by atoms with van der Waals surface area (Å²) in [5.74, 6) is 1.21.